The van der Waals surface area contributed by atoms with Crippen LogP contribution in [0.3, 0.4) is 0 Å². The van der Waals surface area contributed by atoms with Gasteiger partial charge < -0.3 is 4.79 Å². The normalized spacial score (nSPS) is 27.3. The summed E-state index contributed by atoms with van der Waals surface area (Å²) in [6.07, 6.45) is 5.89. The largest absolute Gasteiger partial charge is 0.307 e. The summed E-state index contributed by atoms with van der Waals surface area (Å²) >= 11 is 0. The summed E-state index contributed by atoms with van der Waals surface area (Å²) in [4.78, 5) is 8.00. The van der Waals surface area contributed by atoms with Crippen molar-refractivity contribution in [3.63, 3.8) is 0 Å². The molecule has 1 heteroatoms. The molecular weight excluding hydrogens is 148 g/mol. The van der Waals surface area contributed by atoms with Crippen LogP contribution < -0.4 is 0 Å². The van der Waals surface area contributed by atoms with Crippen molar-refractivity contribution in [3.05, 3.63) is 0 Å². The summed E-state index contributed by atoms with van der Waals surface area (Å²) in [5, 5.41) is 0. The Kier molecular flexibility index (Phi) is 12.6. The van der Waals surface area contributed by atoms with E-state index in [0.717, 1.165) is 11.8 Å². The van der Waals surface area contributed by atoms with Crippen LogP contribution in [0.2, 0.25) is 0 Å². The van der Waals surface area contributed by atoms with Crippen LogP contribution in [0, 0.1) is 11.8 Å². The lowest BCUT2D eigenvalue weighted by molar-refractivity contribution is -0.0979. The zero-order valence-electron chi connectivity index (χ0n) is 9.10. The van der Waals surface area contributed by atoms with Crippen molar-refractivity contribution in [2.24, 2.45) is 11.8 Å². The summed E-state index contributed by atoms with van der Waals surface area (Å²) in [5.41, 5.74) is 0. The molecule has 0 unspecified atom stereocenters. The van der Waals surface area contributed by atoms with Gasteiger partial charge in [-0.2, -0.15) is 0 Å². The second kappa shape index (κ2) is 10.7. The lowest BCUT2D eigenvalue weighted by Gasteiger charge is -2.22. The second-order valence-electron chi connectivity index (χ2n) is 3.37. The molecule has 0 atom stereocenters. The molecule has 0 saturated heterocycles. The molecule has 0 radical (unpaired) electrons. The monoisotopic (exact) mass is 172 g/mol. The van der Waals surface area contributed by atoms with E-state index < -0.39 is 0 Å². The molecule has 1 nitrogen and oxygen atoms in total. The lowest BCUT2D eigenvalue weighted by atomic mass is 9.84. The predicted octanol–water partition coefficient (Wildman–Crippen LogP) is 3.67. The zero-order chi connectivity index (χ0) is 9.98. The lowest BCUT2D eigenvalue weighted by Crippen LogP contribution is -2.08. The van der Waals surface area contributed by atoms with E-state index in [4.69, 9.17) is 4.79 Å². The highest BCUT2D eigenvalue weighted by Crippen LogP contribution is 2.27. The minimum atomic E-state index is 1.02. The maximum Gasteiger partial charge on any atom is 0.106 e. The highest BCUT2D eigenvalue weighted by Gasteiger charge is 2.13. The summed E-state index contributed by atoms with van der Waals surface area (Å²) < 4.78 is 0. The Morgan fingerprint density at radius 3 is 1.17 bits per heavy atom. The number of hydrogen-bond donors (Lipinski definition) is 0. The maximum atomic E-state index is 8.00. The molecule has 0 heterocycles. The molecule has 1 saturated carbocycles. The molecule has 1 fully saturated rings. The van der Waals surface area contributed by atoms with Crippen LogP contribution in [0.4, 0.5) is 0 Å². The van der Waals surface area contributed by atoms with Gasteiger partial charge >= 0.3 is 0 Å². The van der Waals surface area contributed by atoms with Crippen LogP contribution in [0.15, 0.2) is 0 Å². The van der Waals surface area contributed by atoms with E-state index in [2.05, 4.69) is 13.8 Å². The van der Waals surface area contributed by atoms with Gasteiger partial charge in [-0.25, -0.2) is 0 Å². The van der Waals surface area contributed by atoms with E-state index in [9.17, 15) is 0 Å². The van der Waals surface area contributed by atoms with Crippen molar-refractivity contribution in [1.82, 2.24) is 0 Å². The fourth-order valence-electron chi connectivity index (χ4n) is 1.43. The first-order chi connectivity index (χ1) is 5.79. The number of rotatable bonds is 0. The molecule has 0 aromatic carbocycles. The van der Waals surface area contributed by atoms with Gasteiger partial charge in [-0.3, -0.25) is 0 Å². The Balaban J connectivity index is 0. The first kappa shape index (κ1) is 14.2. The molecule has 0 aromatic heterocycles. The van der Waals surface area contributed by atoms with E-state index in [0.29, 0.717) is 0 Å². The summed E-state index contributed by atoms with van der Waals surface area (Å²) in [6.45, 7) is 10.7. The van der Waals surface area contributed by atoms with Gasteiger partial charge in [-0.05, 0) is 11.8 Å². The molecule has 0 aromatic rings. The average molecular weight is 172 g/mol. The van der Waals surface area contributed by atoms with Gasteiger partial charge in [0, 0.05) is 0 Å². The van der Waals surface area contributed by atoms with Gasteiger partial charge in [0.25, 0.3) is 0 Å². The van der Waals surface area contributed by atoms with Gasteiger partial charge in [0.2, 0.25) is 0 Å². The van der Waals surface area contributed by atoms with Crippen molar-refractivity contribution < 1.29 is 4.79 Å². The van der Waals surface area contributed by atoms with Crippen molar-refractivity contribution in [2.45, 2.75) is 53.4 Å². The first-order valence-corrected chi connectivity index (χ1v) is 5.08. The molecule has 0 amide bonds. The van der Waals surface area contributed by atoms with Crippen molar-refractivity contribution in [3.8, 4) is 0 Å². The SMILES string of the molecule is C=O.CC.CC1CCC(C)CC1. The molecule has 74 valence electrons. The summed E-state index contributed by atoms with van der Waals surface area (Å²) in [7, 11) is 0. The molecule has 0 spiro atoms. The van der Waals surface area contributed by atoms with Crippen LogP contribution in [0.25, 0.3) is 0 Å². The molecule has 1 aliphatic rings. The second-order valence-corrected chi connectivity index (χ2v) is 3.37. The minimum Gasteiger partial charge on any atom is -0.307 e. The van der Waals surface area contributed by atoms with Gasteiger partial charge in [0.05, 0.1) is 0 Å². The van der Waals surface area contributed by atoms with E-state index in [-0.39, 0.29) is 0 Å². The van der Waals surface area contributed by atoms with Crippen molar-refractivity contribution >= 4 is 6.79 Å². The molecule has 12 heavy (non-hydrogen) atoms. The Bertz CT molecular complexity index is 63.1. The number of carbonyl (C=O) groups is 1. The molecular formula is C11H24O. The van der Waals surface area contributed by atoms with Gasteiger partial charge in [0.1, 0.15) is 6.79 Å². The topological polar surface area (TPSA) is 17.1 Å². The molecule has 1 rings (SSSR count). The molecule has 0 bridgehead atoms. The Hall–Kier alpha value is -0.330. The van der Waals surface area contributed by atoms with Crippen LogP contribution >= 0.6 is 0 Å². The zero-order valence-corrected chi connectivity index (χ0v) is 9.10. The van der Waals surface area contributed by atoms with Crippen molar-refractivity contribution in [1.29, 1.82) is 0 Å². The molecule has 0 aliphatic heterocycles. The highest BCUT2D eigenvalue weighted by atomic mass is 16.1. The van der Waals surface area contributed by atoms with E-state index in [1.807, 2.05) is 20.6 Å². The smallest absolute Gasteiger partial charge is 0.106 e. The molecule has 0 N–H and O–H groups in total. The maximum absolute atomic E-state index is 8.00. The fourth-order valence-corrected chi connectivity index (χ4v) is 1.43. The van der Waals surface area contributed by atoms with Crippen LogP contribution in [0.5, 0.6) is 0 Å². The predicted molar refractivity (Wildman–Crippen MR) is 55.3 cm³/mol. The standard InChI is InChI=1S/C8H16.C2H6.CH2O/c1-7-3-5-8(2)6-4-7;2*1-2/h7-8H,3-6H2,1-2H3;1-2H3;1H2. The van der Waals surface area contributed by atoms with Crippen molar-refractivity contribution in [2.75, 3.05) is 0 Å². The fraction of sp³-hybridized carbons (Fsp3) is 0.909. The summed E-state index contributed by atoms with van der Waals surface area (Å²) in [6, 6.07) is 0. The van der Waals surface area contributed by atoms with E-state index >= 15 is 0 Å². The Morgan fingerprint density at radius 2 is 1.00 bits per heavy atom. The summed E-state index contributed by atoms with van der Waals surface area (Å²) in [5.74, 6) is 2.04. The quantitative estimate of drug-likeness (QED) is 0.545. The third-order valence-corrected chi connectivity index (χ3v) is 2.30. The average Bonchev–Trinajstić information content (AvgIpc) is 2.17. The van der Waals surface area contributed by atoms with Gasteiger partial charge in [-0.1, -0.05) is 53.4 Å². The third-order valence-electron chi connectivity index (χ3n) is 2.30. The Labute approximate surface area is 77.6 Å². The first-order valence-electron chi connectivity index (χ1n) is 5.08. The van der Waals surface area contributed by atoms with Crippen LogP contribution in [0.1, 0.15) is 53.4 Å². The van der Waals surface area contributed by atoms with E-state index in [1.54, 1.807) is 0 Å². The van der Waals surface area contributed by atoms with Crippen LogP contribution in [-0.4, -0.2) is 6.79 Å². The van der Waals surface area contributed by atoms with Crippen LogP contribution in [-0.2, 0) is 4.79 Å². The number of carbonyl (C=O) groups excluding carboxylic acids is 1. The minimum absolute atomic E-state index is 1.02. The van der Waals surface area contributed by atoms with E-state index in [1.165, 1.54) is 25.7 Å². The Morgan fingerprint density at radius 1 is 0.833 bits per heavy atom. The van der Waals surface area contributed by atoms with Gasteiger partial charge in [0.15, 0.2) is 0 Å². The third kappa shape index (κ3) is 7.77. The van der Waals surface area contributed by atoms with Gasteiger partial charge in [-0.15, -0.1) is 0 Å². The molecule has 1 aliphatic carbocycles. The number of hydrogen-bond acceptors (Lipinski definition) is 1. The highest BCUT2D eigenvalue weighted by molar-refractivity contribution is 5.10.